The van der Waals surface area contributed by atoms with Gasteiger partial charge >= 0.3 is 5.69 Å². The number of hydrogen-bond acceptors (Lipinski definition) is 6. The normalized spacial score (nSPS) is 11.9. The van der Waals surface area contributed by atoms with E-state index in [9.17, 15) is 14.3 Å². The van der Waals surface area contributed by atoms with Crippen LogP contribution in [0.2, 0.25) is 0 Å². The molecular formula is C13H13N3O4S. The van der Waals surface area contributed by atoms with Gasteiger partial charge in [0.2, 0.25) is 0 Å². The van der Waals surface area contributed by atoms with Crippen LogP contribution in [-0.2, 0) is 16.6 Å². The summed E-state index contributed by atoms with van der Waals surface area (Å²) in [7, 11) is -0.120. The van der Waals surface area contributed by atoms with Crippen molar-refractivity contribution in [1.82, 2.24) is 4.98 Å². The van der Waals surface area contributed by atoms with Crippen molar-refractivity contribution < 1.29 is 13.9 Å². The molecule has 0 saturated heterocycles. The molecule has 110 valence electrons. The molecule has 7 nitrogen and oxygen atoms in total. The highest BCUT2D eigenvalue weighted by Crippen LogP contribution is 2.28. The van der Waals surface area contributed by atoms with E-state index in [1.54, 1.807) is 18.2 Å². The van der Waals surface area contributed by atoms with Gasteiger partial charge in [0.25, 0.3) is 0 Å². The first-order chi connectivity index (χ1) is 10.0. The summed E-state index contributed by atoms with van der Waals surface area (Å²) in [5.41, 5.74) is 6.43. The topological polar surface area (TPSA) is 108 Å². The van der Waals surface area contributed by atoms with Crippen molar-refractivity contribution in [2.24, 2.45) is 0 Å². The molecule has 0 bridgehead atoms. The molecule has 1 heterocycles. The van der Waals surface area contributed by atoms with Gasteiger partial charge in [-0.3, -0.25) is 14.3 Å². The van der Waals surface area contributed by atoms with Crippen LogP contribution >= 0.6 is 0 Å². The van der Waals surface area contributed by atoms with Gasteiger partial charge in [-0.15, -0.1) is 0 Å². The fourth-order valence-electron chi connectivity index (χ4n) is 1.78. The predicted octanol–water partition coefficient (Wildman–Crippen LogP) is 1.89. The zero-order chi connectivity index (χ0) is 15.4. The summed E-state index contributed by atoms with van der Waals surface area (Å²) in [5.74, 6) is 0.248. The second kappa shape index (κ2) is 6.31. The molecule has 2 N–H and O–H groups in total. The summed E-state index contributed by atoms with van der Waals surface area (Å²) >= 11 is 0. The highest BCUT2D eigenvalue weighted by Gasteiger charge is 2.17. The molecule has 0 spiro atoms. The average Bonchev–Trinajstić information content (AvgIpc) is 2.47. The molecule has 0 fully saturated rings. The van der Waals surface area contributed by atoms with E-state index < -0.39 is 15.7 Å². The number of ether oxygens (including phenoxy) is 1. The average molecular weight is 307 g/mol. The van der Waals surface area contributed by atoms with Crippen molar-refractivity contribution in [2.75, 3.05) is 12.8 Å². The fraction of sp³-hybridized carbons (Fsp3) is 0.154. The summed E-state index contributed by atoms with van der Waals surface area (Å²) in [6, 6.07) is 7.70. The Morgan fingerprint density at radius 2 is 2.19 bits per heavy atom. The van der Waals surface area contributed by atoms with E-state index in [0.717, 1.165) is 0 Å². The number of hydrogen-bond donors (Lipinski definition) is 1. The highest BCUT2D eigenvalue weighted by atomic mass is 32.2. The van der Waals surface area contributed by atoms with E-state index in [-0.39, 0.29) is 22.2 Å². The zero-order valence-electron chi connectivity index (χ0n) is 11.2. The van der Waals surface area contributed by atoms with E-state index in [4.69, 9.17) is 10.5 Å². The van der Waals surface area contributed by atoms with Crippen molar-refractivity contribution in [2.45, 2.75) is 10.8 Å². The molecule has 2 aromatic rings. The van der Waals surface area contributed by atoms with Gasteiger partial charge in [0.1, 0.15) is 5.03 Å². The molecule has 1 unspecified atom stereocenters. The van der Waals surface area contributed by atoms with Crippen LogP contribution in [0, 0.1) is 10.1 Å². The number of aromatic nitrogens is 1. The van der Waals surface area contributed by atoms with Crippen molar-refractivity contribution in [1.29, 1.82) is 0 Å². The molecule has 0 amide bonds. The third kappa shape index (κ3) is 3.34. The van der Waals surface area contributed by atoms with Crippen LogP contribution < -0.4 is 10.5 Å². The lowest BCUT2D eigenvalue weighted by molar-refractivity contribution is -0.385. The summed E-state index contributed by atoms with van der Waals surface area (Å²) in [5, 5.41) is 11.2. The number of nitro benzene ring substituents is 1. The maximum Gasteiger partial charge on any atom is 0.311 e. The van der Waals surface area contributed by atoms with Crippen molar-refractivity contribution in [3.05, 3.63) is 52.2 Å². The third-order valence-electron chi connectivity index (χ3n) is 2.75. The summed E-state index contributed by atoms with van der Waals surface area (Å²) in [6.07, 6.45) is 1.50. The van der Waals surface area contributed by atoms with Crippen LogP contribution in [0.5, 0.6) is 5.75 Å². The quantitative estimate of drug-likeness (QED) is 0.667. The van der Waals surface area contributed by atoms with E-state index in [1.165, 1.54) is 25.4 Å². The first kappa shape index (κ1) is 14.9. The van der Waals surface area contributed by atoms with E-state index in [0.29, 0.717) is 11.3 Å². The molecule has 21 heavy (non-hydrogen) atoms. The standard InChI is InChI=1S/C13H13N3O4S/c1-20-12-5-4-9(7-11(12)16(17)18)8-21(19)13-10(14)3-2-6-15-13/h2-7H,8,14H2,1H3. The Kier molecular flexibility index (Phi) is 4.49. The number of nitro groups is 1. The van der Waals surface area contributed by atoms with Gasteiger partial charge in [0, 0.05) is 12.3 Å². The summed E-state index contributed by atoms with van der Waals surface area (Å²) in [4.78, 5) is 14.4. The van der Waals surface area contributed by atoms with Crippen LogP contribution in [0.3, 0.4) is 0 Å². The Morgan fingerprint density at radius 3 is 2.81 bits per heavy atom. The zero-order valence-corrected chi connectivity index (χ0v) is 12.0. The molecule has 0 aliphatic rings. The first-order valence-electron chi connectivity index (χ1n) is 5.93. The minimum atomic E-state index is -1.48. The number of methoxy groups -OCH3 is 1. The minimum Gasteiger partial charge on any atom is -0.490 e. The Bertz CT molecular complexity index is 706. The molecule has 1 aromatic heterocycles. The van der Waals surface area contributed by atoms with Gasteiger partial charge in [-0.25, -0.2) is 4.98 Å². The number of rotatable bonds is 5. The molecular weight excluding hydrogens is 294 g/mol. The van der Waals surface area contributed by atoms with E-state index in [2.05, 4.69) is 4.98 Å². The number of anilines is 1. The number of nitrogens with zero attached hydrogens (tertiary/aromatic N) is 2. The molecule has 0 aliphatic heterocycles. The van der Waals surface area contributed by atoms with Crippen molar-refractivity contribution in [3.8, 4) is 5.75 Å². The first-order valence-corrected chi connectivity index (χ1v) is 7.25. The van der Waals surface area contributed by atoms with Gasteiger partial charge < -0.3 is 10.5 Å². The smallest absolute Gasteiger partial charge is 0.311 e. The van der Waals surface area contributed by atoms with Gasteiger partial charge in [-0.05, 0) is 23.8 Å². The molecule has 0 saturated carbocycles. The van der Waals surface area contributed by atoms with Gasteiger partial charge in [0.15, 0.2) is 5.75 Å². The fourth-order valence-corrected chi connectivity index (χ4v) is 2.91. The molecule has 1 atom stereocenters. The molecule has 2 rings (SSSR count). The Balaban J connectivity index is 2.28. The highest BCUT2D eigenvalue weighted by molar-refractivity contribution is 7.84. The van der Waals surface area contributed by atoms with Crippen molar-refractivity contribution in [3.63, 3.8) is 0 Å². The van der Waals surface area contributed by atoms with Crippen LogP contribution in [-0.4, -0.2) is 21.2 Å². The lowest BCUT2D eigenvalue weighted by Crippen LogP contribution is -2.04. The number of benzene rings is 1. The van der Waals surface area contributed by atoms with Crippen LogP contribution in [0.1, 0.15) is 5.56 Å². The summed E-state index contributed by atoms with van der Waals surface area (Å²) in [6.45, 7) is 0. The van der Waals surface area contributed by atoms with E-state index >= 15 is 0 Å². The SMILES string of the molecule is COc1ccc(CS(=O)c2ncccc2N)cc1[N+](=O)[O-]. The van der Waals surface area contributed by atoms with Crippen LogP contribution in [0.25, 0.3) is 0 Å². The lowest BCUT2D eigenvalue weighted by atomic mass is 10.2. The lowest BCUT2D eigenvalue weighted by Gasteiger charge is -2.06. The van der Waals surface area contributed by atoms with Gasteiger partial charge in [-0.1, -0.05) is 6.07 Å². The molecule has 8 heteroatoms. The second-order valence-electron chi connectivity index (χ2n) is 4.15. The predicted molar refractivity (Wildman–Crippen MR) is 78.4 cm³/mol. The van der Waals surface area contributed by atoms with Crippen molar-refractivity contribution >= 4 is 22.2 Å². The van der Waals surface area contributed by atoms with Gasteiger partial charge in [0.05, 0.1) is 34.3 Å². The Morgan fingerprint density at radius 1 is 1.43 bits per heavy atom. The van der Waals surface area contributed by atoms with Crippen LogP contribution in [0.4, 0.5) is 11.4 Å². The number of nitrogen functional groups attached to an aromatic ring is 1. The molecule has 1 aromatic carbocycles. The number of pyridine rings is 1. The number of nitrogens with two attached hydrogens (primary N) is 1. The van der Waals surface area contributed by atoms with Gasteiger partial charge in [-0.2, -0.15) is 0 Å². The second-order valence-corrected chi connectivity index (χ2v) is 5.52. The maximum absolute atomic E-state index is 12.2. The largest absolute Gasteiger partial charge is 0.490 e. The van der Waals surface area contributed by atoms with Crippen LogP contribution in [0.15, 0.2) is 41.6 Å². The Labute approximate surface area is 123 Å². The van der Waals surface area contributed by atoms with E-state index in [1.807, 2.05) is 0 Å². The Hall–Kier alpha value is -2.48. The minimum absolute atomic E-state index is 0.0893. The monoisotopic (exact) mass is 307 g/mol. The third-order valence-corrected chi connectivity index (χ3v) is 4.12. The molecule has 0 radical (unpaired) electrons. The summed E-state index contributed by atoms with van der Waals surface area (Å²) < 4.78 is 17.2. The molecule has 0 aliphatic carbocycles. The maximum atomic E-state index is 12.2.